The number of aliphatic hydroxyl groups excluding tert-OH is 1. The Morgan fingerprint density at radius 3 is 1.18 bits per heavy atom. The molecule has 10 nitrogen and oxygen atoms in total. The SMILES string of the molecule is CCO/C=C\O.CCOC(=O)CC(=O)Nc1cc(C(c2ccc(C)c(NC(=O)c3cccc(C(=O)Nc4cc(C(c5ccc(C)c(C)c5)(C(F)(F)F)C(F)(F)F)ccc4C)c3)c2)(C(F)(F)F)C(F)(F)F)ccc1C. The number of hydrogen-bond acceptors (Lipinski definition) is 7. The van der Waals surface area contributed by atoms with Crippen LogP contribution in [-0.2, 0) is 29.9 Å². The standard InChI is InChI=1S/C48H41F12N3O5.C4H8O2/c1-7-68-40(65)24-39(64)61-36-21-33(16-12-26(36)3)44(47(55,56)57,48(58,59)60)35-18-14-28(5)38(23-35)63-42(67)31-10-8-9-30(20-31)41(66)62-37-22-34(17-13-27(37)4)43(45(49,50)51,46(52,53)54)32-15-11-25(2)29(6)19-32;1-2-6-4-3-5/h8-23H,7,24H2,1-6H3,(H,61,64)(H,62,66)(H,63,67);3-5H,2H2,1H3/b;4-3-. The van der Waals surface area contributed by atoms with E-state index in [0.29, 0.717) is 48.6 Å². The van der Waals surface area contributed by atoms with E-state index in [-0.39, 0.29) is 34.4 Å². The van der Waals surface area contributed by atoms with E-state index in [1.54, 1.807) is 0 Å². The third-order valence-electron chi connectivity index (χ3n) is 11.7. The van der Waals surface area contributed by atoms with Gasteiger partial charge < -0.3 is 30.5 Å². The third-order valence-corrected chi connectivity index (χ3v) is 11.7. The highest BCUT2D eigenvalue weighted by atomic mass is 19.4. The van der Waals surface area contributed by atoms with Crippen LogP contribution >= 0.6 is 0 Å². The van der Waals surface area contributed by atoms with Crippen LogP contribution in [0.5, 0.6) is 0 Å². The summed E-state index contributed by atoms with van der Waals surface area (Å²) in [4.78, 5) is 51.5. The summed E-state index contributed by atoms with van der Waals surface area (Å²) < 4.78 is 190. The zero-order valence-corrected chi connectivity index (χ0v) is 40.4. The summed E-state index contributed by atoms with van der Waals surface area (Å²) in [6.45, 7) is 10.5. The van der Waals surface area contributed by atoms with Crippen LogP contribution < -0.4 is 16.0 Å². The lowest BCUT2D eigenvalue weighted by Gasteiger charge is -2.39. The Kier molecular flexibility index (Phi) is 18.5. The number of hydrogen-bond donors (Lipinski definition) is 4. The summed E-state index contributed by atoms with van der Waals surface area (Å²) in [7, 11) is 0. The Morgan fingerprint density at radius 1 is 0.486 bits per heavy atom. The Bertz CT molecular complexity index is 2860. The van der Waals surface area contributed by atoms with Crippen molar-refractivity contribution in [2.45, 2.75) is 90.4 Å². The normalized spacial score (nSPS) is 12.4. The molecule has 5 aromatic rings. The number of aryl methyl sites for hydroxylation is 5. The molecule has 0 aliphatic carbocycles. The van der Waals surface area contributed by atoms with Crippen molar-refractivity contribution in [3.8, 4) is 0 Å². The van der Waals surface area contributed by atoms with Gasteiger partial charge in [-0.25, -0.2) is 0 Å². The number of ether oxygens (including phenoxy) is 2. The van der Waals surface area contributed by atoms with Crippen molar-refractivity contribution in [3.05, 3.63) is 171 Å². The number of carbonyl (C=O) groups excluding carboxylic acids is 4. The van der Waals surface area contributed by atoms with Gasteiger partial charge in [-0.15, -0.1) is 0 Å². The minimum Gasteiger partial charge on any atom is -0.512 e. The van der Waals surface area contributed by atoms with E-state index < -0.39 is 111 Å². The maximum absolute atomic E-state index is 15.3. The number of alkyl halides is 12. The van der Waals surface area contributed by atoms with Crippen LogP contribution in [0.2, 0.25) is 0 Å². The predicted octanol–water partition coefficient (Wildman–Crippen LogP) is 13.5. The van der Waals surface area contributed by atoms with Crippen LogP contribution in [0.1, 0.15) is 91.1 Å². The van der Waals surface area contributed by atoms with Crippen LogP contribution in [0.15, 0.2) is 110 Å². The number of halogens is 12. The van der Waals surface area contributed by atoms with Gasteiger partial charge in [-0.2, -0.15) is 52.7 Å². The molecule has 0 bridgehead atoms. The summed E-state index contributed by atoms with van der Waals surface area (Å²) in [6.07, 6.45) is -22.9. The average Bonchev–Trinajstić information content (AvgIpc) is 3.28. The molecule has 5 aromatic carbocycles. The predicted molar refractivity (Wildman–Crippen MR) is 251 cm³/mol. The summed E-state index contributed by atoms with van der Waals surface area (Å²) in [5.74, 6) is -4.36. The molecule has 0 heterocycles. The second kappa shape index (κ2) is 23.1. The first-order valence-electron chi connectivity index (χ1n) is 22.1. The number of esters is 1. The van der Waals surface area contributed by atoms with E-state index in [1.165, 1.54) is 47.8 Å². The molecule has 0 spiro atoms. The van der Waals surface area contributed by atoms with Crippen molar-refractivity contribution in [1.29, 1.82) is 0 Å². The number of amides is 3. The number of aliphatic hydroxyl groups is 1. The molecular formula is C52H49F12N3O7. The zero-order valence-electron chi connectivity index (χ0n) is 40.4. The van der Waals surface area contributed by atoms with Gasteiger partial charge in [0.1, 0.15) is 18.9 Å². The average molecular weight is 1060 g/mol. The minimum atomic E-state index is -6.12. The smallest absolute Gasteiger partial charge is 0.411 e. The molecule has 0 aliphatic rings. The number of rotatable bonds is 14. The monoisotopic (exact) mass is 1060 g/mol. The Labute approximate surface area is 416 Å². The first kappa shape index (κ1) is 59.0. The second-order valence-corrected chi connectivity index (χ2v) is 16.6. The number of nitrogens with one attached hydrogen (secondary N) is 3. The van der Waals surface area contributed by atoms with Crippen LogP contribution in [0.4, 0.5) is 69.7 Å². The fourth-order valence-corrected chi connectivity index (χ4v) is 7.78. The third kappa shape index (κ3) is 12.4. The number of carbonyl (C=O) groups is 4. The summed E-state index contributed by atoms with van der Waals surface area (Å²) in [5.41, 5.74) is -16.1. The van der Waals surface area contributed by atoms with Gasteiger partial charge in [0.15, 0.2) is 0 Å². The van der Waals surface area contributed by atoms with Crippen LogP contribution in [0.25, 0.3) is 0 Å². The molecule has 22 heteroatoms. The topological polar surface area (TPSA) is 143 Å². The van der Waals surface area contributed by atoms with E-state index in [2.05, 4.69) is 25.4 Å². The molecule has 0 aromatic heterocycles. The van der Waals surface area contributed by atoms with E-state index in [1.807, 2.05) is 6.92 Å². The van der Waals surface area contributed by atoms with Crippen LogP contribution in [0, 0.1) is 34.6 Å². The molecule has 3 amide bonds. The van der Waals surface area contributed by atoms with Gasteiger partial charge in [-0.3, -0.25) is 19.2 Å². The van der Waals surface area contributed by atoms with Crippen LogP contribution in [0.3, 0.4) is 0 Å². The van der Waals surface area contributed by atoms with Crippen molar-refractivity contribution in [1.82, 2.24) is 0 Å². The molecule has 74 heavy (non-hydrogen) atoms. The van der Waals surface area contributed by atoms with Crippen molar-refractivity contribution in [2.75, 3.05) is 29.2 Å². The van der Waals surface area contributed by atoms with Gasteiger partial charge >= 0.3 is 30.7 Å². The molecule has 0 saturated carbocycles. The first-order valence-corrected chi connectivity index (χ1v) is 22.1. The first-order chi connectivity index (χ1) is 34.3. The van der Waals surface area contributed by atoms with Gasteiger partial charge in [0.05, 0.1) is 13.2 Å². The van der Waals surface area contributed by atoms with Crippen molar-refractivity contribution in [3.63, 3.8) is 0 Å². The fourth-order valence-electron chi connectivity index (χ4n) is 7.78. The summed E-state index contributed by atoms with van der Waals surface area (Å²) in [5, 5.41) is 14.6. The molecule has 0 radical (unpaired) electrons. The highest BCUT2D eigenvalue weighted by Crippen LogP contribution is 2.58. The maximum atomic E-state index is 15.3. The van der Waals surface area contributed by atoms with E-state index in [0.717, 1.165) is 66.9 Å². The highest BCUT2D eigenvalue weighted by molar-refractivity contribution is 6.09. The molecule has 0 aliphatic heterocycles. The van der Waals surface area contributed by atoms with Crippen LogP contribution in [-0.4, -0.2) is 66.7 Å². The molecule has 398 valence electrons. The quantitative estimate of drug-likeness (QED) is 0.0375. The largest absolute Gasteiger partial charge is 0.512 e. The van der Waals surface area contributed by atoms with Gasteiger partial charge in [-0.1, -0.05) is 60.7 Å². The summed E-state index contributed by atoms with van der Waals surface area (Å²) >= 11 is 0. The van der Waals surface area contributed by atoms with Crippen molar-refractivity contribution >= 4 is 40.8 Å². The molecule has 5 rings (SSSR count). The highest BCUT2D eigenvalue weighted by Gasteiger charge is 2.74. The number of anilines is 3. The summed E-state index contributed by atoms with van der Waals surface area (Å²) in [6, 6.07) is 12.9. The van der Waals surface area contributed by atoms with E-state index in [4.69, 9.17) is 5.11 Å². The lowest BCUT2D eigenvalue weighted by atomic mass is 9.72. The molecule has 0 fully saturated rings. The molecule has 4 N–H and O–H groups in total. The Balaban J connectivity index is 0.00000186. The lowest BCUT2D eigenvalue weighted by Crippen LogP contribution is -2.54. The maximum Gasteiger partial charge on any atom is 0.411 e. The number of benzene rings is 5. The van der Waals surface area contributed by atoms with Crippen molar-refractivity contribution < 1.29 is 86.4 Å². The van der Waals surface area contributed by atoms with Gasteiger partial charge in [0, 0.05) is 28.2 Å². The molecule has 0 saturated heterocycles. The van der Waals surface area contributed by atoms with Gasteiger partial charge in [0.25, 0.3) is 11.8 Å². The Hall–Kier alpha value is -7.52. The zero-order chi connectivity index (χ0) is 55.8. The van der Waals surface area contributed by atoms with Gasteiger partial charge in [0.2, 0.25) is 16.7 Å². The van der Waals surface area contributed by atoms with Gasteiger partial charge in [-0.05, 0) is 135 Å². The van der Waals surface area contributed by atoms with E-state index in [9.17, 15) is 45.5 Å². The second-order valence-electron chi connectivity index (χ2n) is 16.6. The minimum absolute atomic E-state index is 0.0185. The Morgan fingerprint density at radius 2 is 0.851 bits per heavy atom. The molecular weight excluding hydrogens is 1010 g/mol. The lowest BCUT2D eigenvalue weighted by molar-refractivity contribution is -0.290. The molecule has 0 atom stereocenters. The fraction of sp³-hybridized carbons (Fsp3) is 0.308. The van der Waals surface area contributed by atoms with E-state index >= 15 is 26.3 Å². The molecule has 0 unspecified atom stereocenters. The van der Waals surface area contributed by atoms with Crippen molar-refractivity contribution in [2.24, 2.45) is 0 Å².